The van der Waals surface area contributed by atoms with Gasteiger partial charge in [0.25, 0.3) is 0 Å². The highest BCUT2D eigenvalue weighted by atomic mass is 16.5. The van der Waals surface area contributed by atoms with E-state index in [2.05, 4.69) is 6.58 Å². The number of nitriles is 1. The first-order valence-corrected chi connectivity index (χ1v) is 4.96. The van der Waals surface area contributed by atoms with Crippen molar-refractivity contribution in [3.8, 4) is 6.07 Å². The molecule has 0 amide bonds. The van der Waals surface area contributed by atoms with Crippen LogP contribution in [0.3, 0.4) is 0 Å². The lowest BCUT2D eigenvalue weighted by molar-refractivity contribution is -0.138. The summed E-state index contributed by atoms with van der Waals surface area (Å²) >= 11 is 0. The van der Waals surface area contributed by atoms with E-state index in [1.807, 2.05) is 0 Å². The van der Waals surface area contributed by atoms with Crippen molar-refractivity contribution in [2.24, 2.45) is 0 Å². The number of aliphatic hydroxyl groups is 1. The van der Waals surface area contributed by atoms with E-state index in [4.69, 9.17) is 15.1 Å². The Hall–Kier alpha value is -1.67. The number of nitrogens with zero attached hydrogens (tertiary/aromatic N) is 1. The van der Waals surface area contributed by atoms with Gasteiger partial charge in [0, 0.05) is 6.42 Å². The molecule has 5 nitrogen and oxygen atoms in total. The van der Waals surface area contributed by atoms with Gasteiger partial charge in [0.2, 0.25) is 0 Å². The molecule has 0 aromatic carbocycles. The van der Waals surface area contributed by atoms with Crippen LogP contribution in [0.15, 0.2) is 12.2 Å². The topological polar surface area (TPSA) is 87.4 Å². The molecule has 0 aromatic heterocycles. The second-order valence-corrected chi connectivity index (χ2v) is 3.33. The fraction of sp³-hybridized carbons (Fsp3) is 0.545. The van der Waals surface area contributed by atoms with Crippen molar-refractivity contribution in [3.05, 3.63) is 12.2 Å². The summed E-state index contributed by atoms with van der Waals surface area (Å²) in [5, 5.41) is 17.2. The smallest absolute Gasteiger partial charge is 0.348 e. The van der Waals surface area contributed by atoms with E-state index < -0.39 is 12.1 Å². The second-order valence-electron chi connectivity index (χ2n) is 3.33. The van der Waals surface area contributed by atoms with E-state index >= 15 is 0 Å². The van der Waals surface area contributed by atoms with E-state index in [-0.39, 0.29) is 24.4 Å². The van der Waals surface area contributed by atoms with Crippen LogP contribution in [-0.4, -0.2) is 29.6 Å². The maximum absolute atomic E-state index is 11.0. The summed E-state index contributed by atoms with van der Waals surface area (Å²) in [5.74, 6) is -0.961. The molecule has 0 bridgehead atoms. The Morgan fingerprint density at radius 2 is 2.12 bits per heavy atom. The molecular formula is C11H15NO4. The molecular weight excluding hydrogens is 210 g/mol. The Labute approximate surface area is 94.3 Å². The number of hydrogen-bond donors (Lipinski definition) is 1. The number of esters is 1. The highest BCUT2D eigenvalue weighted by Crippen LogP contribution is 2.01. The number of Topliss-reactive ketones (excluding diaryl/α,β-unsaturated/α-hetero) is 1. The molecule has 0 rings (SSSR count). The number of carbonyl (C=O) groups excluding carboxylic acids is 2. The average molecular weight is 225 g/mol. The summed E-state index contributed by atoms with van der Waals surface area (Å²) in [7, 11) is 0. The van der Waals surface area contributed by atoms with Gasteiger partial charge in [-0.15, -0.1) is 0 Å². The predicted molar refractivity (Wildman–Crippen MR) is 56.3 cm³/mol. The molecule has 0 aliphatic carbocycles. The third-order valence-electron chi connectivity index (χ3n) is 1.90. The standard InChI is InChI=1S/C11H15NO4/c1-8(7-12)11(15)16-6-4-3-5-10(14)9(2)13/h9,13H,1,3-6H2,2H3. The summed E-state index contributed by atoms with van der Waals surface area (Å²) in [5.41, 5.74) is -0.236. The van der Waals surface area contributed by atoms with Crippen LogP contribution >= 0.6 is 0 Å². The SMILES string of the molecule is C=C(C#N)C(=O)OCCCCC(=O)C(C)O. The van der Waals surface area contributed by atoms with Crippen LogP contribution in [0.5, 0.6) is 0 Å². The van der Waals surface area contributed by atoms with Crippen LogP contribution < -0.4 is 0 Å². The van der Waals surface area contributed by atoms with Crippen molar-refractivity contribution < 1.29 is 19.4 Å². The van der Waals surface area contributed by atoms with Crippen LogP contribution in [0.1, 0.15) is 26.2 Å². The molecule has 0 saturated carbocycles. The van der Waals surface area contributed by atoms with Gasteiger partial charge >= 0.3 is 5.97 Å². The number of unbranched alkanes of at least 4 members (excludes halogenated alkanes) is 1. The maximum atomic E-state index is 11.0. The molecule has 0 spiro atoms. The minimum absolute atomic E-state index is 0.145. The van der Waals surface area contributed by atoms with Gasteiger partial charge in [-0.2, -0.15) is 5.26 Å². The Kier molecular flexibility index (Phi) is 6.81. The highest BCUT2D eigenvalue weighted by molar-refractivity contribution is 5.91. The van der Waals surface area contributed by atoms with Gasteiger partial charge in [-0.3, -0.25) is 4.79 Å². The lowest BCUT2D eigenvalue weighted by atomic mass is 10.1. The van der Waals surface area contributed by atoms with Crippen molar-refractivity contribution in [2.45, 2.75) is 32.3 Å². The molecule has 0 radical (unpaired) electrons. The Bertz CT molecular complexity index is 314. The normalized spacial score (nSPS) is 11.3. The number of aliphatic hydroxyl groups excluding tert-OH is 1. The van der Waals surface area contributed by atoms with Crippen LogP contribution in [-0.2, 0) is 14.3 Å². The number of hydrogen-bond acceptors (Lipinski definition) is 5. The molecule has 0 aliphatic rings. The van der Waals surface area contributed by atoms with Crippen molar-refractivity contribution in [1.82, 2.24) is 0 Å². The number of ether oxygens (including phenoxy) is 1. The zero-order chi connectivity index (χ0) is 12.6. The summed E-state index contributed by atoms with van der Waals surface area (Å²) in [6, 6.07) is 1.58. The number of ketones is 1. The maximum Gasteiger partial charge on any atom is 0.348 e. The number of carbonyl (C=O) groups is 2. The Morgan fingerprint density at radius 1 is 1.50 bits per heavy atom. The Balaban J connectivity index is 3.56. The molecule has 0 aliphatic heterocycles. The quantitative estimate of drug-likeness (QED) is 0.298. The largest absolute Gasteiger partial charge is 0.462 e. The third kappa shape index (κ3) is 5.94. The third-order valence-corrected chi connectivity index (χ3v) is 1.90. The minimum Gasteiger partial charge on any atom is -0.462 e. The monoisotopic (exact) mass is 225 g/mol. The summed E-state index contributed by atoms with van der Waals surface area (Å²) in [6.45, 7) is 4.76. The van der Waals surface area contributed by atoms with Gasteiger partial charge in [0.1, 0.15) is 17.7 Å². The molecule has 0 saturated heterocycles. The van der Waals surface area contributed by atoms with E-state index in [1.54, 1.807) is 6.07 Å². The van der Waals surface area contributed by atoms with E-state index in [0.717, 1.165) is 0 Å². The molecule has 88 valence electrons. The molecule has 1 unspecified atom stereocenters. The van der Waals surface area contributed by atoms with Crippen molar-refractivity contribution >= 4 is 11.8 Å². The first-order valence-electron chi connectivity index (χ1n) is 4.96. The van der Waals surface area contributed by atoms with Crippen LogP contribution in [0.25, 0.3) is 0 Å². The molecule has 1 N–H and O–H groups in total. The Morgan fingerprint density at radius 3 is 2.62 bits per heavy atom. The molecule has 0 aromatic rings. The van der Waals surface area contributed by atoms with Gasteiger partial charge in [-0.05, 0) is 19.8 Å². The van der Waals surface area contributed by atoms with Crippen molar-refractivity contribution in [1.29, 1.82) is 5.26 Å². The van der Waals surface area contributed by atoms with Crippen LogP contribution in [0, 0.1) is 11.3 Å². The summed E-state index contributed by atoms with van der Waals surface area (Å²) in [4.78, 5) is 21.9. The van der Waals surface area contributed by atoms with Gasteiger partial charge in [-0.1, -0.05) is 6.58 Å². The van der Waals surface area contributed by atoms with Crippen LogP contribution in [0.4, 0.5) is 0 Å². The highest BCUT2D eigenvalue weighted by Gasteiger charge is 2.09. The van der Waals surface area contributed by atoms with Crippen molar-refractivity contribution in [3.63, 3.8) is 0 Å². The lowest BCUT2D eigenvalue weighted by Crippen LogP contribution is -2.15. The van der Waals surface area contributed by atoms with E-state index in [9.17, 15) is 9.59 Å². The molecule has 5 heteroatoms. The summed E-state index contributed by atoms with van der Waals surface area (Å²) < 4.78 is 4.70. The fourth-order valence-electron chi connectivity index (χ4n) is 0.908. The molecule has 0 heterocycles. The molecule has 1 atom stereocenters. The first-order chi connectivity index (χ1) is 7.49. The van der Waals surface area contributed by atoms with E-state index in [0.29, 0.717) is 12.8 Å². The zero-order valence-corrected chi connectivity index (χ0v) is 9.23. The van der Waals surface area contributed by atoms with Crippen LogP contribution in [0.2, 0.25) is 0 Å². The zero-order valence-electron chi connectivity index (χ0n) is 9.23. The second kappa shape index (κ2) is 7.60. The molecule has 16 heavy (non-hydrogen) atoms. The lowest BCUT2D eigenvalue weighted by Gasteiger charge is -2.04. The van der Waals surface area contributed by atoms with Gasteiger partial charge in [0.15, 0.2) is 5.78 Å². The molecule has 0 fully saturated rings. The fourth-order valence-corrected chi connectivity index (χ4v) is 0.908. The van der Waals surface area contributed by atoms with E-state index in [1.165, 1.54) is 6.92 Å². The van der Waals surface area contributed by atoms with Gasteiger partial charge in [0.05, 0.1) is 6.61 Å². The predicted octanol–water partition coefficient (Wildman–Crippen LogP) is 0.730. The average Bonchev–Trinajstić information content (AvgIpc) is 2.26. The van der Waals surface area contributed by atoms with Crippen molar-refractivity contribution in [2.75, 3.05) is 6.61 Å². The first kappa shape index (κ1) is 14.3. The number of rotatable bonds is 7. The van der Waals surface area contributed by atoms with Gasteiger partial charge in [-0.25, -0.2) is 4.79 Å². The minimum atomic E-state index is -0.944. The van der Waals surface area contributed by atoms with Gasteiger partial charge < -0.3 is 9.84 Å². The summed E-state index contributed by atoms with van der Waals surface area (Å²) in [6.07, 6.45) is 0.369.